The van der Waals surface area contributed by atoms with Crippen LogP contribution >= 0.6 is 0 Å². The number of rotatable bonds is 7. The Balaban J connectivity index is 1.67. The third-order valence-corrected chi connectivity index (χ3v) is 5.20. The van der Waals surface area contributed by atoms with Gasteiger partial charge in [-0.15, -0.1) is 0 Å². The molecule has 144 valence electrons. The molecular weight excluding hydrogens is 350 g/mol. The van der Waals surface area contributed by atoms with Gasteiger partial charge in [-0.2, -0.15) is 5.10 Å². The van der Waals surface area contributed by atoms with E-state index in [2.05, 4.69) is 0 Å². The molecule has 4 rings (SSSR count). The molecule has 2 aromatic carbocycles. The highest BCUT2D eigenvalue weighted by Gasteiger charge is 2.29. The number of ether oxygens (including phenoxy) is 1. The first kappa shape index (κ1) is 18.4. The van der Waals surface area contributed by atoms with Crippen LogP contribution in [0.4, 0.5) is 0 Å². The van der Waals surface area contributed by atoms with Crippen molar-refractivity contribution in [2.45, 2.75) is 25.8 Å². The molecule has 0 saturated heterocycles. The number of carbonyl (C=O) groups is 1. The monoisotopic (exact) mass is 375 g/mol. The van der Waals surface area contributed by atoms with Gasteiger partial charge < -0.3 is 9.64 Å². The van der Waals surface area contributed by atoms with Crippen molar-refractivity contribution < 1.29 is 9.53 Å². The van der Waals surface area contributed by atoms with Gasteiger partial charge in [0, 0.05) is 31.5 Å². The number of hydrogen-bond acceptors (Lipinski definition) is 3. The molecule has 1 aliphatic carbocycles. The predicted molar refractivity (Wildman–Crippen MR) is 109 cm³/mol. The van der Waals surface area contributed by atoms with Crippen molar-refractivity contribution in [2.75, 3.05) is 20.3 Å². The fraction of sp³-hybridized carbons (Fsp3) is 0.304. The Morgan fingerprint density at radius 2 is 1.79 bits per heavy atom. The van der Waals surface area contributed by atoms with E-state index in [0.29, 0.717) is 25.4 Å². The molecule has 1 amide bonds. The lowest BCUT2D eigenvalue weighted by Gasteiger charge is -2.22. The van der Waals surface area contributed by atoms with E-state index in [1.165, 1.54) is 5.69 Å². The minimum absolute atomic E-state index is 0.0197. The molecule has 0 spiro atoms. The molecule has 28 heavy (non-hydrogen) atoms. The summed E-state index contributed by atoms with van der Waals surface area (Å²) in [6.07, 6.45) is 2.94. The fourth-order valence-corrected chi connectivity index (χ4v) is 3.80. The topological polar surface area (TPSA) is 47.4 Å². The lowest BCUT2D eigenvalue weighted by Crippen LogP contribution is -2.34. The van der Waals surface area contributed by atoms with E-state index in [4.69, 9.17) is 9.84 Å². The molecule has 0 saturated carbocycles. The summed E-state index contributed by atoms with van der Waals surface area (Å²) < 4.78 is 7.19. The summed E-state index contributed by atoms with van der Waals surface area (Å²) in [5.74, 6) is -0.0197. The van der Waals surface area contributed by atoms with Crippen LogP contribution in [0.15, 0.2) is 60.7 Å². The second-order valence-electron chi connectivity index (χ2n) is 7.08. The van der Waals surface area contributed by atoms with Gasteiger partial charge in [-0.25, -0.2) is 4.68 Å². The molecule has 0 fully saturated rings. The van der Waals surface area contributed by atoms with Gasteiger partial charge in [-0.3, -0.25) is 4.79 Å². The molecule has 1 aliphatic rings. The first-order valence-electron chi connectivity index (χ1n) is 9.76. The maximum absolute atomic E-state index is 13.5. The van der Waals surface area contributed by atoms with Crippen molar-refractivity contribution in [3.05, 3.63) is 83.2 Å². The van der Waals surface area contributed by atoms with Gasteiger partial charge in [0.05, 0.1) is 12.3 Å². The molecule has 0 unspecified atom stereocenters. The highest BCUT2D eigenvalue weighted by Crippen LogP contribution is 2.28. The van der Waals surface area contributed by atoms with E-state index < -0.39 is 0 Å². The van der Waals surface area contributed by atoms with Crippen LogP contribution in [-0.4, -0.2) is 40.8 Å². The second kappa shape index (κ2) is 8.40. The molecule has 5 nitrogen and oxygen atoms in total. The van der Waals surface area contributed by atoms with Gasteiger partial charge in [0.15, 0.2) is 5.69 Å². The second-order valence-corrected chi connectivity index (χ2v) is 7.08. The molecule has 0 aliphatic heterocycles. The van der Waals surface area contributed by atoms with E-state index in [-0.39, 0.29) is 5.91 Å². The Morgan fingerprint density at radius 3 is 2.50 bits per heavy atom. The van der Waals surface area contributed by atoms with Gasteiger partial charge in [0.25, 0.3) is 5.91 Å². The normalized spacial score (nSPS) is 12.8. The maximum atomic E-state index is 13.5. The first-order valence-corrected chi connectivity index (χ1v) is 9.76. The number of aromatic nitrogens is 2. The van der Waals surface area contributed by atoms with Gasteiger partial charge in [0.2, 0.25) is 0 Å². The Morgan fingerprint density at radius 1 is 1.07 bits per heavy atom. The fourth-order valence-electron chi connectivity index (χ4n) is 3.80. The standard InChI is InChI=1S/C23H25N3O2/c1-28-16-15-25(17-18-9-4-2-5-10-18)23(27)22-20-13-8-14-21(20)26(24-22)19-11-6-3-7-12-19/h2-7,9-12H,8,13-17H2,1H3. The molecule has 0 radical (unpaired) electrons. The average molecular weight is 375 g/mol. The lowest BCUT2D eigenvalue weighted by atomic mass is 10.1. The van der Waals surface area contributed by atoms with Crippen molar-refractivity contribution >= 4 is 5.91 Å². The van der Waals surface area contributed by atoms with Crippen molar-refractivity contribution in [2.24, 2.45) is 0 Å². The van der Waals surface area contributed by atoms with E-state index in [9.17, 15) is 4.79 Å². The van der Waals surface area contributed by atoms with Crippen LogP contribution in [0, 0.1) is 0 Å². The highest BCUT2D eigenvalue weighted by molar-refractivity contribution is 5.94. The SMILES string of the molecule is COCCN(Cc1ccccc1)C(=O)c1nn(-c2ccccc2)c2c1CCC2. The number of fused-ring (bicyclic) bond motifs is 1. The van der Waals surface area contributed by atoms with Crippen LogP contribution in [0.2, 0.25) is 0 Å². The smallest absolute Gasteiger partial charge is 0.275 e. The van der Waals surface area contributed by atoms with Crippen LogP contribution in [0.5, 0.6) is 0 Å². The average Bonchev–Trinajstić information content (AvgIpc) is 3.35. The molecule has 0 N–H and O–H groups in total. The Bertz CT molecular complexity index is 935. The summed E-state index contributed by atoms with van der Waals surface area (Å²) in [6, 6.07) is 20.1. The lowest BCUT2D eigenvalue weighted by molar-refractivity contribution is 0.0673. The summed E-state index contributed by atoms with van der Waals surface area (Å²) in [5.41, 5.74) is 4.96. The van der Waals surface area contributed by atoms with Crippen molar-refractivity contribution in [3.8, 4) is 5.69 Å². The summed E-state index contributed by atoms with van der Waals surface area (Å²) in [6.45, 7) is 1.59. The third-order valence-electron chi connectivity index (χ3n) is 5.20. The number of methoxy groups -OCH3 is 1. The van der Waals surface area contributed by atoms with Crippen LogP contribution in [0.25, 0.3) is 5.69 Å². The third kappa shape index (κ3) is 3.71. The zero-order valence-corrected chi connectivity index (χ0v) is 16.2. The zero-order valence-electron chi connectivity index (χ0n) is 16.2. The molecule has 5 heteroatoms. The Hall–Kier alpha value is -2.92. The summed E-state index contributed by atoms with van der Waals surface area (Å²) in [4.78, 5) is 15.3. The van der Waals surface area contributed by atoms with Gasteiger partial charge in [-0.05, 0) is 37.0 Å². The van der Waals surface area contributed by atoms with Crippen LogP contribution in [0.3, 0.4) is 0 Å². The van der Waals surface area contributed by atoms with Gasteiger partial charge in [-0.1, -0.05) is 48.5 Å². The van der Waals surface area contributed by atoms with Crippen molar-refractivity contribution in [3.63, 3.8) is 0 Å². The molecule has 1 aromatic heterocycles. The van der Waals surface area contributed by atoms with E-state index in [1.54, 1.807) is 7.11 Å². The number of amides is 1. The van der Waals surface area contributed by atoms with Crippen LogP contribution < -0.4 is 0 Å². The number of hydrogen-bond donors (Lipinski definition) is 0. The minimum atomic E-state index is -0.0197. The predicted octanol–water partition coefficient (Wildman–Crippen LogP) is 3.65. The Kier molecular flexibility index (Phi) is 5.53. The quantitative estimate of drug-likeness (QED) is 0.633. The van der Waals surface area contributed by atoms with E-state index in [0.717, 1.165) is 36.1 Å². The maximum Gasteiger partial charge on any atom is 0.275 e. The largest absolute Gasteiger partial charge is 0.383 e. The number of benzene rings is 2. The molecule has 0 bridgehead atoms. The van der Waals surface area contributed by atoms with Crippen molar-refractivity contribution in [1.29, 1.82) is 0 Å². The number of nitrogens with zero attached hydrogens (tertiary/aromatic N) is 3. The van der Waals surface area contributed by atoms with Crippen molar-refractivity contribution in [1.82, 2.24) is 14.7 Å². The van der Waals surface area contributed by atoms with Crippen LogP contribution in [0.1, 0.15) is 33.7 Å². The van der Waals surface area contributed by atoms with E-state index in [1.807, 2.05) is 70.2 Å². The van der Waals surface area contributed by atoms with E-state index >= 15 is 0 Å². The minimum Gasteiger partial charge on any atom is -0.383 e. The summed E-state index contributed by atoms with van der Waals surface area (Å²) in [7, 11) is 1.66. The summed E-state index contributed by atoms with van der Waals surface area (Å²) in [5, 5.41) is 4.76. The Labute approximate surface area is 165 Å². The highest BCUT2D eigenvalue weighted by atomic mass is 16.5. The molecule has 0 atom stereocenters. The number of para-hydroxylation sites is 1. The van der Waals surface area contributed by atoms with Crippen LogP contribution in [-0.2, 0) is 24.1 Å². The first-order chi connectivity index (χ1) is 13.8. The number of carbonyl (C=O) groups excluding carboxylic acids is 1. The van der Waals surface area contributed by atoms with Gasteiger partial charge in [0.1, 0.15) is 0 Å². The summed E-state index contributed by atoms with van der Waals surface area (Å²) >= 11 is 0. The molecular formula is C23H25N3O2. The van der Waals surface area contributed by atoms with Gasteiger partial charge >= 0.3 is 0 Å². The molecule has 1 heterocycles. The molecule has 3 aromatic rings. The zero-order chi connectivity index (χ0) is 19.3.